The Morgan fingerprint density at radius 3 is 2.04 bits per heavy atom. The van der Waals surface area contributed by atoms with Crippen LogP contribution in [-0.2, 0) is 19.1 Å². The summed E-state index contributed by atoms with van der Waals surface area (Å²) in [4.78, 5) is 24.2. The Balaban J connectivity index is 1.56. The van der Waals surface area contributed by atoms with E-state index < -0.39 is 5.41 Å². The van der Waals surface area contributed by atoms with Crippen molar-refractivity contribution in [3.05, 3.63) is 0 Å². The summed E-state index contributed by atoms with van der Waals surface area (Å²) in [7, 11) is 1.37. The van der Waals surface area contributed by atoms with E-state index in [1.165, 1.54) is 45.6 Å². The van der Waals surface area contributed by atoms with Crippen molar-refractivity contribution in [1.82, 2.24) is 0 Å². The summed E-state index contributed by atoms with van der Waals surface area (Å²) in [5.41, 5.74) is -0.536. The first-order valence-corrected chi connectivity index (χ1v) is 9.12. The summed E-state index contributed by atoms with van der Waals surface area (Å²) in [5.74, 6) is 1.99. The summed E-state index contributed by atoms with van der Waals surface area (Å²) in [6, 6.07) is 0. The van der Waals surface area contributed by atoms with Gasteiger partial charge in [-0.3, -0.25) is 9.59 Å². The van der Waals surface area contributed by atoms with Crippen LogP contribution in [0.15, 0.2) is 0 Å². The number of rotatable bonds is 6. The molecule has 4 rings (SSSR count). The molecule has 4 aliphatic rings. The Kier molecular flexibility index (Phi) is 4.45. The molecule has 4 aliphatic carbocycles. The minimum atomic E-state index is -0.771. The van der Waals surface area contributed by atoms with Gasteiger partial charge in [0.1, 0.15) is 0 Å². The van der Waals surface area contributed by atoms with Crippen LogP contribution in [0.3, 0.4) is 0 Å². The second-order valence-corrected chi connectivity index (χ2v) is 8.66. The van der Waals surface area contributed by atoms with Crippen LogP contribution in [0.25, 0.3) is 0 Å². The van der Waals surface area contributed by atoms with Gasteiger partial charge in [-0.05, 0) is 69.6 Å². The highest BCUT2D eigenvalue weighted by molar-refractivity contribution is 5.83. The molecule has 4 fully saturated rings. The summed E-state index contributed by atoms with van der Waals surface area (Å²) >= 11 is 0. The van der Waals surface area contributed by atoms with Gasteiger partial charge >= 0.3 is 11.9 Å². The van der Waals surface area contributed by atoms with Crippen LogP contribution in [0.4, 0.5) is 0 Å². The second-order valence-electron chi connectivity index (χ2n) is 8.66. The topological polar surface area (TPSA) is 52.6 Å². The maximum absolute atomic E-state index is 12.3. The van der Waals surface area contributed by atoms with Crippen LogP contribution in [0.2, 0.25) is 0 Å². The van der Waals surface area contributed by atoms with E-state index in [9.17, 15) is 9.59 Å². The molecule has 0 aromatic heterocycles. The van der Waals surface area contributed by atoms with Crippen molar-refractivity contribution in [2.45, 2.75) is 65.2 Å². The van der Waals surface area contributed by atoms with Gasteiger partial charge < -0.3 is 9.47 Å². The van der Waals surface area contributed by atoms with Gasteiger partial charge in [-0.1, -0.05) is 6.92 Å². The van der Waals surface area contributed by atoms with Gasteiger partial charge in [-0.2, -0.15) is 0 Å². The minimum absolute atomic E-state index is 0.114. The van der Waals surface area contributed by atoms with Crippen LogP contribution in [0.5, 0.6) is 0 Å². The van der Waals surface area contributed by atoms with Gasteiger partial charge in [0.2, 0.25) is 0 Å². The van der Waals surface area contributed by atoms with Crippen molar-refractivity contribution in [3.63, 3.8) is 0 Å². The van der Waals surface area contributed by atoms with Crippen LogP contribution in [-0.4, -0.2) is 25.7 Å². The van der Waals surface area contributed by atoms with Gasteiger partial charge in [0.25, 0.3) is 0 Å². The molecule has 4 nitrogen and oxygen atoms in total. The van der Waals surface area contributed by atoms with E-state index in [1.54, 1.807) is 6.92 Å². The Morgan fingerprint density at radius 1 is 1.09 bits per heavy atom. The normalized spacial score (nSPS) is 37.3. The number of hydrogen-bond donors (Lipinski definition) is 0. The lowest BCUT2D eigenvalue weighted by atomic mass is 9.50. The van der Waals surface area contributed by atoms with Crippen molar-refractivity contribution in [2.75, 3.05) is 13.7 Å². The molecule has 4 bridgehead atoms. The summed E-state index contributed by atoms with van der Waals surface area (Å²) in [6.07, 6.45) is 8.56. The smallest absolute Gasteiger partial charge is 0.312 e. The Bertz CT molecular complexity index is 448. The van der Waals surface area contributed by atoms with Crippen molar-refractivity contribution < 1.29 is 19.1 Å². The molecule has 1 unspecified atom stereocenters. The zero-order valence-electron chi connectivity index (χ0n) is 14.7. The standard InChI is InChI=1S/C19H30O4/c1-4-18(2,17(21)22-3)11-16(20)23-12-19-8-13-5-14(9-19)7-15(6-13)10-19/h13-15H,4-12H2,1-3H3. The third-order valence-electron chi connectivity index (χ3n) is 6.70. The van der Waals surface area contributed by atoms with Crippen molar-refractivity contribution in [3.8, 4) is 0 Å². The molecule has 0 heterocycles. The summed E-state index contributed by atoms with van der Waals surface area (Å²) < 4.78 is 10.5. The second kappa shape index (κ2) is 6.10. The zero-order chi connectivity index (χ0) is 16.7. The van der Waals surface area contributed by atoms with Crippen molar-refractivity contribution >= 4 is 11.9 Å². The monoisotopic (exact) mass is 322 g/mol. The van der Waals surface area contributed by atoms with E-state index >= 15 is 0 Å². The van der Waals surface area contributed by atoms with Gasteiger partial charge in [0.05, 0.1) is 25.6 Å². The quantitative estimate of drug-likeness (QED) is 0.699. The lowest BCUT2D eigenvalue weighted by molar-refractivity contribution is -0.165. The largest absolute Gasteiger partial charge is 0.469 e. The summed E-state index contributed by atoms with van der Waals surface area (Å²) in [6.45, 7) is 4.24. The molecule has 0 aromatic rings. The number of esters is 2. The third-order valence-corrected chi connectivity index (χ3v) is 6.70. The number of ether oxygens (including phenoxy) is 2. The molecule has 0 spiro atoms. The van der Waals surface area contributed by atoms with Gasteiger partial charge in [0.15, 0.2) is 0 Å². The van der Waals surface area contributed by atoms with Crippen LogP contribution >= 0.6 is 0 Å². The van der Waals surface area contributed by atoms with E-state index in [0.29, 0.717) is 13.0 Å². The van der Waals surface area contributed by atoms with E-state index in [2.05, 4.69) is 0 Å². The first-order chi connectivity index (χ1) is 10.9. The van der Waals surface area contributed by atoms with E-state index in [4.69, 9.17) is 9.47 Å². The molecule has 130 valence electrons. The SMILES string of the molecule is CCC(C)(CC(=O)OCC12CC3CC(CC(C3)C1)C2)C(=O)OC. The Labute approximate surface area is 139 Å². The number of carbonyl (C=O) groups is 2. The zero-order valence-corrected chi connectivity index (χ0v) is 14.7. The maximum atomic E-state index is 12.3. The Hall–Kier alpha value is -1.06. The molecular weight excluding hydrogens is 292 g/mol. The maximum Gasteiger partial charge on any atom is 0.312 e. The predicted molar refractivity (Wildman–Crippen MR) is 86.6 cm³/mol. The van der Waals surface area contributed by atoms with Gasteiger partial charge in [-0.15, -0.1) is 0 Å². The number of methoxy groups -OCH3 is 1. The molecule has 0 aliphatic heterocycles. The molecule has 0 amide bonds. The molecule has 4 saturated carbocycles. The van der Waals surface area contributed by atoms with Crippen molar-refractivity contribution in [2.24, 2.45) is 28.6 Å². The summed E-state index contributed by atoms with van der Waals surface area (Å²) in [5, 5.41) is 0. The van der Waals surface area contributed by atoms with Gasteiger partial charge in [-0.25, -0.2) is 0 Å². The fourth-order valence-electron chi connectivity index (χ4n) is 5.66. The Morgan fingerprint density at radius 2 is 1.61 bits per heavy atom. The lowest BCUT2D eigenvalue weighted by Crippen LogP contribution is -2.48. The minimum Gasteiger partial charge on any atom is -0.469 e. The van der Waals surface area contributed by atoms with Crippen LogP contribution in [0.1, 0.15) is 65.2 Å². The molecule has 0 radical (unpaired) electrons. The molecule has 0 N–H and O–H groups in total. The van der Waals surface area contributed by atoms with E-state index in [1.807, 2.05) is 6.92 Å². The third kappa shape index (κ3) is 3.27. The lowest BCUT2D eigenvalue weighted by Gasteiger charge is -2.56. The molecule has 0 aromatic carbocycles. The first kappa shape index (κ1) is 16.8. The first-order valence-electron chi connectivity index (χ1n) is 9.12. The molecule has 1 atom stereocenters. The molecule has 0 saturated heterocycles. The van der Waals surface area contributed by atoms with Gasteiger partial charge in [0, 0.05) is 5.41 Å². The highest BCUT2D eigenvalue weighted by atomic mass is 16.5. The molecular formula is C19H30O4. The number of carbonyl (C=O) groups excluding carboxylic acids is 2. The fraction of sp³-hybridized carbons (Fsp3) is 0.895. The van der Waals surface area contributed by atoms with Crippen molar-refractivity contribution in [1.29, 1.82) is 0 Å². The predicted octanol–water partition coefficient (Wildman–Crippen LogP) is 3.73. The van der Waals surface area contributed by atoms with E-state index in [-0.39, 0.29) is 23.8 Å². The van der Waals surface area contributed by atoms with Crippen LogP contribution in [0, 0.1) is 28.6 Å². The average molecular weight is 322 g/mol. The molecule has 4 heteroatoms. The highest BCUT2D eigenvalue weighted by Crippen LogP contribution is 2.60. The fourth-order valence-corrected chi connectivity index (χ4v) is 5.66. The molecule has 23 heavy (non-hydrogen) atoms. The number of hydrogen-bond acceptors (Lipinski definition) is 4. The average Bonchev–Trinajstić information content (AvgIpc) is 2.51. The highest BCUT2D eigenvalue weighted by Gasteiger charge is 2.51. The van der Waals surface area contributed by atoms with E-state index in [0.717, 1.165) is 17.8 Å². The van der Waals surface area contributed by atoms with Crippen LogP contribution < -0.4 is 0 Å².